The average Bonchev–Trinajstić information content (AvgIpc) is 3.06. The number of aromatic nitrogens is 2. The summed E-state index contributed by atoms with van der Waals surface area (Å²) in [5.74, 6) is 1.11. The molecule has 0 radical (unpaired) electrons. The third kappa shape index (κ3) is 4.86. The normalized spacial score (nSPS) is 12.9. The molecule has 3 heteroatoms. The van der Waals surface area contributed by atoms with Gasteiger partial charge in [0, 0.05) is 18.3 Å². The predicted molar refractivity (Wildman–Crippen MR) is 114 cm³/mol. The number of nitrogens with zero attached hydrogens (tertiary/aromatic N) is 2. The van der Waals surface area contributed by atoms with Crippen molar-refractivity contribution in [2.45, 2.75) is 46.7 Å². The first kappa shape index (κ1) is 19.4. The maximum atomic E-state index is 5.10. The molecule has 0 fully saturated rings. The van der Waals surface area contributed by atoms with Crippen molar-refractivity contribution < 1.29 is 0 Å². The van der Waals surface area contributed by atoms with Crippen LogP contribution in [0.5, 0.6) is 0 Å². The highest BCUT2D eigenvalue weighted by Crippen LogP contribution is 2.34. The Morgan fingerprint density at radius 1 is 0.963 bits per heavy atom. The molecular formula is C24H31N3. The molecule has 0 amide bonds. The summed E-state index contributed by atoms with van der Waals surface area (Å²) >= 11 is 0. The maximum absolute atomic E-state index is 5.10. The third-order valence-electron chi connectivity index (χ3n) is 4.80. The van der Waals surface area contributed by atoms with Crippen LogP contribution in [0.1, 0.15) is 51.5 Å². The summed E-state index contributed by atoms with van der Waals surface area (Å²) in [7, 11) is 0. The molecule has 0 unspecified atom stereocenters. The number of benzene rings is 2. The Balaban J connectivity index is 2.04. The van der Waals surface area contributed by atoms with E-state index in [0.29, 0.717) is 0 Å². The second-order valence-corrected chi connectivity index (χ2v) is 8.22. The number of rotatable bonds is 7. The summed E-state index contributed by atoms with van der Waals surface area (Å²) < 4.78 is 2.32. The monoisotopic (exact) mass is 361 g/mol. The van der Waals surface area contributed by atoms with Crippen molar-refractivity contribution in [1.29, 1.82) is 0 Å². The number of nitrogens with one attached hydrogen (secondary N) is 1. The van der Waals surface area contributed by atoms with Crippen molar-refractivity contribution in [3.8, 4) is 11.3 Å². The molecule has 0 aliphatic rings. The molecule has 3 rings (SSSR count). The quantitative estimate of drug-likeness (QED) is 0.586. The van der Waals surface area contributed by atoms with Crippen molar-refractivity contribution >= 4 is 0 Å². The second kappa shape index (κ2) is 8.53. The molecule has 2 aromatic carbocycles. The van der Waals surface area contributed by atoms with Crippen LogP contribution in [-0.4, -0.2) is 16.1 Å². The molecule has 0 spiro atoms. The van der Waals surface area contributed by atoms with Crippen LogP contribution < -0.4 is 5.32 Å². The first-order valence-corrected chi connectivity index (χ1v) is 9.89. The molecule has 1 atom stereocenters. The van der Waals surface area contributed by atoms with Crippen LogP contribution in [0.15, 0.2) is 66.9 Å². The molecule has 1 heterocycles. The van der Waals surface area contributed by atoms with E-state index < -0.39 is 0 Å². The molecule has 1 aromatic heterocycles. The zero-order chi connectivity index (χ0) is 19.3. The van der Waals surface area contributed by atoms with Crippen LogP contribution in [0.3, 0.4) is 0 Å². The van der Waals surface area contributed by atoms with E-state index in [1.807, 2.05) is 6.07 Å². The average molecular weight is 362 g/mol. The molecule has 0 saturated heterocycles. The van der Waals surface area contributed by atoms with Gasteiger partial charge in [0.05, 0.1) is 11.7 Å². The van der Waals surface area contributed by atoms with E-state index in [9.17, 15) is 0 Å². The van der Waals surface area contributed by atoms with Gasteiger partial charge in [0.15, 0.2) is 0 Å². The fraction of sp³-hybridized carbons (Fsp3) is 0.375. The molecule has 1 N–H and O–H groups in total. The van der Waals surface area contributed by atoms with Gasteiger partial charge in [-0.1, -0.05) is 88.4 Å². The summed E-state index contributed by atoms with van der Waals surface area (Å²) in [6, 6.07) is 21.3. The largest absolute Gasteiger partial charge is 0.329 e. The van der Waals surface area contributed by atoms with E-state index in [1.165, 1.54) is 5.56 Å². The molecule has 142 valence electrons. The van der Waals surface area contributed by atoms with Gasteiger partial charge in [-0.05, 0) is 23.9 Å². The van der Waals surface area contributed by atoms with Crippen LogP contribution in [0, 0.1) is 5.41 Å². The molecule has 0 aliphatic heterocycles. The fourth-order valence-corrected chi connectivity index (χ4v) is 3.39. The predicted octanol–water partition coefficient (Wildman–Crippen LogP) is 5.69. The lowest BCUT2D eigenvalue weighted by molar-refractivity contribution is 0.257. The minimum atomic E-state index is 0.0723. The minimum Gasteiger partial charge on any atom is -0.329 e. The van der Waals surface area contributed by atoms with Crippen LogP contribution in [-0.2, 0) is 6.54 Å². The highest BCUT2D eigenvalue weighted by Gasteiger charge is 2.30. The lowest BCUT2D eigenvalue weighted by Gasteiger charge is -2.31. The lowest BCUT2D eigenvalue weighted by atomic mass is 9.86. The van der Waals surface area contributed by atoms with Gasteiger partial charge in [-0.25, -0.2) is 4.98 Å². The molecule has 3 nitrogen and oxygen atoms in total. The van der Waals surface area contributed by atoms with Crippen molar-refractivity contribution in [3.63, 3.8) is 0 Å². The van der Waals surface area contributed by atoms with Gasteiger partial charge in [-0.2, -0.15) is 0 Å². The SMILES string of the molecule is CCCN[C@@H](c1nc(-c2ccccc2)cn1Cc1ccccc1)C(C)(C)C. The van der Waals surface area contributed by atoms with Crippen LogP contribution in [0.4, 0.5) is 0 Å². The summed E-state index contributed by atoms with van der Waals surface area (Å²) in [6.45, 7) is 10.9. The Morgan fingerprint density at radius 2 is 1.59 bits per heavy atom. The van der Waals surface area contributed by atoms with E-state index in [0.717, 1.165) is 36.6 Å². The van der Waals surface area contributed by atoms with Crippen LogP contribution >= 0.6 is 0 Å². The molecule has 27 heavy (non-hydrogen) atoms. The topological polar surface area (TPSA) is 29.9 Å². The molecule has 0 aliphatic carbocycles. The zero-order valence-electron chi connectivity index (χ0n) is 16.9. The molecular weight excluding hydrogens is 330 g/mol. The zero-order valence-corrected chi connectivity index (χ0v) is 16.9. The van der Waals surface area contributed by atoms with E-state index in [1.54, 1.807) is 0 Å². The molecule has 0 saturated carbocycles. The van der Waals surface area contributed by atoms with Crippen molar-refractivity contribution in [2.24, 2.45) is 5.41 Å². The first-order valence-electron chi connectivity index (χ1n) is 9.89. The van der Waals surface area contributed by atoms with E-state index in [4.69, 9.17) is 4.98 Å². The van der Waals surface area contributed by atoms with Gasteiger partial charge >= 0.3 is 0 Å². The fourth-order valence-electron chi connectivity index (χ4n) is 3.39. The molecule has 0 bridgehead atoms. The number of imidazole rings is 1. The summed E-state index contributed by atoms with van der Waals surface area (Å²) in [5, 5.41) is 3.73. The van der Waals surface area contributed by atoms with Gasteiger partial charge in [-0.3, -0.25) is 0 Å². The van der Waals surface area contributed by atoms with Crippen LogP contribution in [0.2, 0.25) is 0 Å². The number of hydrogen-bond donors (Lipinski definition) is 1. The lowest BCUT2D eigenvalue weighted by Crippen LogP contribution is -2.35. The van der Waals surface area contributed by atoms with Gasteiger partial charge in [-0.15, -0.1) is 0 Å². The third-order valence-corrected chi connectivity index (χ3v) is 4.80. The Bertz CT molecular complexity index is 829. The summed E-state index contributed by atoms with van der Waals surface area (Å²) in [6.07, 6.45) is 3.31. The van der Waals surface area contributed by atoms with E-state index >= 15 is 0 Å². The Labute approximate surface area is 163 Å². The number of hydrogen-bond acceptors (Lipinski definition) is 2. The summed E-state index contributed by atoms with van der Waals surface area (Å²) in [5.41, 5.74) is 3.56. The first-order chi connectivity index (χ1) is 13.0. The van der Waals surface area contributed by atoms with Crippen molar-refractivity contribution in [2.75, 3.05) is 6.54 Å². The van der Waals surface area contributed by atoms with Crippen LogP contribution in [0.25, 0.3) is 11.3 Å². The summed E-state index contributed by atoms with van der Waals surface area (Å²) in [4.78, 5) is 5.10. The molecule has 3 aromatic rings. The maximum Gasteiger partial charge on any atom is 0.127 e. The Kier molecular flexibility index (Phi) is 6.12. The Morgan fingerprint density at radius 3 is 2.19 bits per heavy atom. The smallest absolute Gasteiger partial charge is 0.127 e. The second-order valence-electron chi connectivity index (χ2n) is 8.22. The highest BCUT2D eigenvalue weighted by molar-refractivity contribution is 5.58. The van der Waals surface area contributed by atoms with E-state index in [2.05, 4.69) is 98.4 Å². The van der Waals surface area contributed by atoms with Gasteiger partial charge in [0.2, 0.25) is 0 Å². The van der Waals surface area contributed by atoms with Gasteiger partial charge in [0.1, 0.15) is 5.82 Å². The van der Waals surface area contributed by atoms with Gasteiger partial charge < -0.3 is 9.88 Å². The Hall–Kier alpha value is -2.39. The highest BCUT2D eigenvalue weighted by atomic mass is 15.1. The van der Waals surface area contributed by atoms with Crippen molar-refractivity contribution in [1.82, 2.24) is 14.9 Å². The standard InChI is InChI=1S/C24H31N3/c1-5-16-25-22(24(2,3)4)23-26-21(20-14-10-7-11-15-20)18-27(23)17-19-12-8-6-9-13-19/h6-15,18,22,25H,5,16-17H2,1-4H3/t22-/m0/s1. The van der Waals surface area contributed by atoms with Crippen molar-refractivity contribution in [3.05, 3.63) is 78.2 Å². The van der Waals surface area contributed by atoms with Gasteiger partial charge in [0.25, 0.3) is 0 Å². The van der Waals surface area contributed by atoms with E-state index in [-0.39, 0.29) is 11.5 Å². The minimum absolute atomic E-state index is 0.0723.